The van der Waals surface area contributed by atoms with Crippen molar-refractivity contribution in [3.05, 3.63) is 24.4 Å². The quantitative estimate of drug-likeness (QED) is 0.640. The number of rotatable bonds is 5. The molecule has 5 nitrogen and oxygen atoms in total. The van der Waals surface area contributed by atoms with Gasteiger partial charge in [-0.2, -0.15) is 0 Å². The van der Waals surface area contributed by atoms with Crippen molar-refractivity contribution in [2.45, 2.75) is 38.2 Å². The summed E-state index contributed by atoms with van der Waals surface area (Å²) in [5.74, 6) is 1.93. The molecule has 110 valence electrons. The number of aromatic nitrogens is 1. The van der Waals surface area contributed by atoms with Crippen molar-refractivity contribution in [2.24, 2.45) is 16.6 Å². The van der Waals surface area contributed by atoms with Crippen LogP contribution in [-0.2, 0) is 4.74 Å². The maximum atomic E-state index is 5.84. The zero-order valence-corrected chi connectivity index (χ0v) is 12.1. The van der Waals surface area contributed by atoms with E-state index in [1.165, 1.54) is 25.7 Å². The van der Waals surface area contributed by atoms with E-state index < -0.39 is 0 Å². The van der Waals surface area contributed by atoms with Gasteiger partial charge in [0.05, 0.1) is 6.10 Å². The second-order valence-electron chi connectivity index (χ2n) is 5.27. The third-order valence-corrected chi connectivity index (χ3v) is 3.87. The number of hydrogen-bond donors (Lipinski definition) is 2. The smallest absolute Gasteiger partial charge is 0.194 e. The van der Waals surface area contributed by atoms with Crippen molar-refractivity contribution < 1.29 is 4.74 Å². The second-order valence-corrected chi connectivity index (χ2v) is 5.27. The third kappa shape index (κ3) is 4.81. The number of aliphatic imine (C=N–C) groups is 1. The zero-order valence-electron chi connectivity index (χ0n) is 12.1. The van der Waals surface area contributed by atoms with Gasteiger partial charge in [-0.3, -0.25) is 4.99 Å². The van der Waals surface area contributed by atoms with E-state index >= 15 is 0 Å². The predicted octanol–water partition coefficient (Wildman–Crippen LogP) is 2.40. The van der Waals surface area contributed by atoms with Crippen LogP contribution < -0.4 is 11.1 Å². The Hall–Kier alpha value is -1.62. The molecule has 0 unspecified atom stereocenters. The molecule has 1 fully saturated rings. The lowest BCUT2D eigenvalue weighted by Gasteiger charge is -2.27. The van der Waals surface area contributed by atoms with Crippen LogP contribution >= 0.6 is 0 Å². The molecule has 1 aliphatic carbocycles. The van der Waals surface area contributed by atoms with E-state index in [0.717, 1.165) is 24.7 Å². The lowest BCUT2D eigenvalue weighted by Crippen LogP contribution is -2.24. The molecule has 0 aliphatic heterocycles. The number of anilines is 1. The van der Waals surface area contributed by atoms with Crippen LogP contribution in [0.4, 0.5) is 5.82 Å². The zero-order chi connectivity index (χ0) is 14.2. The fraction of sp³-hybridized carbons (Fsp3) is 0.600. The van der Waals surface area contributed by atoms with Crippen LogP contribution in [0.5, 0.6) is 0 Å². The molecular weight excluding hydrogens is 252 g/mol. The highest BCUT2D eigenvalue weighted by molar-refractivity contribution is 5.91. The Morgan fingerprint density at radius 1 is 1.40 bits per heavy atom. The molecule has 1 aromatic rings. The largest absolute Gasteiger partial charge is 0.381 e. The van der Waals surface area contributed by atoms with Crippen LogP contribution in [0.3, 0.4) is 0 Å². The van der Waals surface area contributed by atoms with Gasteiger partial charge >= 0.3 is 0 Å². The van der Waals surface area contributed by atoms with E-state index in [2.05, 4.69) is 15.3 Å². The second kappa shape index (κ2) is 7.85. The van der Waals surface area contributed by atoms with Crippen molar-refractivity contribution in [1.29, 1.82) is 0 Å². The monoisotopic (exact) mass is 276 g/mol. The standard InChI is InChI=1S/C15H24N4O/c1-20-13-7-5-12(6-8-13)9-11-18-15(16)19-14-4-2-3-10-17-14/h2-4,10,12-13H,5-9,11H2,1H3,(H3,16,17,18,19). The molecule has 0 saturated heterocycles. The van der Waals surface area contributed by atoms with Gasteiger partial charge in [0, 0.05) is 19.9 Å². The molecule has 0 amide bonds. The van der Waals surface area contributed by atoms with Gasteiger partial charge in [-0.05, 0) is 50.2 Å². The number of methoxy groups -OCH3 is 1. The van der Waals surface area contributed by atoms with Crippen LogP contribution in [0.15, 0.2) is 29.4 Å². The van der Waals surface area contributed by atoms with E-state index in [1.807, 2.05) is 18.2 Å². The maximum Gasteiger partial charge on any atom is 0.194 e. The van der Waals surface area contributed by atoms with E-state index in [4.69, 9.17) is 10.5 Å². The minimum atomic E-state index is 0.439. The summed E-state index contributed by atoms with van der Waals surface area (Å²) >= 11 is 0. The summed E-state index contributed by atoms with van der Waals surface area (Å²) in [6.07, 6.45) is 8.11. The number of nitrogens with one attached hydrogen (secondary N) is 1. The summed E-state index contributed by atoms with van der Waals surface area (Å²) in [4.78, 5) is 8.51. The van der Waals surface area contributed by atoms with Gasteiger partial charge in [0.1, 0.15) is 5.82 Å². The lowest BCUT2D eigenvalue weighted by molar-refractivity contribution is 0.0559. The first-order valence-electron chi connectivity index (χ1n) is 7.28. The minimum absolute atomic E-state index is 0.439. The van der Waals surface area contributed by atoms with E-state index in [1.54, 1.807) is 13.3 Å². The molecule has 0 atom stereocenters. The van der Waals surface area contributed by atoms with Crippen LogP contribution in [-0.4, -0.2) is 30.7 Å². The molecule has 0 radical (unpaired) electrons. The summed E-state index contributed by atoms with van der Waals surface area (Å²) in [6.45, 7) is 0.772. The molecule has 20 heavy (non-hydrogen) atoms. The molecule has 1 aromatic heterocycles. The SMILES string of the molecule is COC1CCC(CCN=C(N)Nc2ccccn2)CC1. The molecule has 0 bridgehead atoms. The van der Waals surface area contributed by atoms with Gasteiger partial charge in [-0.15, -0.1) is 0 Å². The normalized spacial score (nSPS) is 23.6. The summed E-state index contributed by atoms with van der Waals surface area (Å²) in [5.41, 5.74) is 5.84. The van der Waals surface area contributed by atoms with Gasteiger partial charge < -0.3 is 15.8 Å². The van der Waals surface area contributed by atoms with Crippen LogP contribution in [0, 0.1) is 5.92 Å². The predicted molar refractivity (Wildman–Crippen MR) is 81.7 cm³/mol. The van der Waals surface area contributed by atoms with Gasteiger partial charge in [-0.25, -0.2) is 4.98 Å². The Morgan fingerprint density at radius 2 is 2.20 bits per heavy atom. The van der Waals surface area contributed by atoms with E-state index in [9.17, 15) is 0 Å². The first kappa shape index (κ1) is 14.8. The summed E-state index contributed by atoms with van der Waals surface area (Å²) < 4.78 is 5.38. The number of hydrogen-bond acceptors (Lipinski definition) is 3. The van der Waals surface area contributed by atoms with Gasteiger partial charge in [0.25, 0.3) is 0 Å². The summed E-state index contributed by atoms with van der Waals surface area (Å²) in [5, 5.41) is 2.99. The van der Waals surface area contributed by atoms with Crippen molar-refractivity contribution in [1.82, 2.24) is 4.98 Å². The molecule has 2 rings (SSSR count). The fourth-order valence-electron chi connectivity index (χ4n) is 2.63. The number of guanidine groups is 1. The average Bonchev–Trinajstić information content (AvgIpc) is 2.49. The highest BCUT2D eigenvalue weighted by atomic mass is 16.5. The highest BCUT2D eigenvalue weighted by Gasteiger charge is 2.20. The number of pyridine rings is 1. The van der Waals surface area contributed by atoms with E-state index in [-0.39, 0.29) is 0 Å². The fourth-order valence-corrected chi connectivity index (χ4v) is 2.63. The first-order valence-corrected chi connectivity index (χ1v) is 7.28. The topological polar surface area (TPSA) is 72.5 Å². The molecule has 3 N–H and O–H groups in total. The maximum absolute atomic E-state index is 5.84. The molecular formula is C15H24N4O. The Kier molecular flexibility index (Phi) is 5.80. The van der Waals surface area contributed by atoms with Crippen molar-refractivity contribution in [3.63, 3.8) is 0 Å². The van der Waals surface area contributed by atoms with Crippen molar-refractivity contribution >= 4 is 11.8 Å². The number of nitrogens with two attached hydrogens (primary N) is 1. The molecule has 1 saturated carbocycles. The Bertz CT molecular complexity index is 413. The van der Waals surface area contributed by atoms with Crippen molar-refractivity contribution in [3.8, 4) is 0 Å². The van der Waals surface area contributed by atoms with Gasteiger partial charge in [0.2, 0.25) is 0 Å². The van der Waals surface area contributed by atoms with Gasteiger partial charge in [0.15, 0.2) is 5.96 Å². The van der Waals surface area contributed by atoms with Crippen LogP contribution in [0.25, 0.3) is 0 Å². The molecule has 1 heterocycles. The lowest BCUT2D eigenvalue weighted by atomic mass is 9.85. The van der Waals surface area contributed by atoms with Gasteiger partial charge in [-0.1, -0.05) is 6.07 Å². The Balaban J connectivity index is 1.68. The summed E-state index contributed by atoms with van der Waals surface area (Å²) in [6, 6.07) is 5.65. The molecule has 0 spiro atoms. The Labute approximate surface area is 120 Å². The average molecular weight is 276 g/mol. The molecule has 5 heteroatoms. The summed E-state index contributed by atoms with van der Waals surface area (Å²) in [7, 11) is 1.80. The number of ether oxygens (including phenoxy) is 1. The van der Waals surface area contributed by atoms with Crippen LogP contribution in [0.1, 0.15) is 32.1 Å². The molecule has 0 aromatic carbocycles. The highest BCUT2D eigenvalue weighted by Crippen LogP contribution is 2.28. The van der Waals surface area contributed by atoms with E-state index in [0.29, 0.717) is 12.1 Å². The van der Waals surface area contributed by atoms with Crippen molar-refractivity contribution in [2.75, 3.05) is 19.0 Å². The number of nitrogens with zero attached hydrogens (tertiary/aromatic N) is 2. The Morgan fingerprint density at radius 3 is 2.85 bits per heavy atom. The molecule has 1 aliphatic rings. The third-order valence-electron chi connectivity index (χ3n) is 3.87. The first-order chi connectivity index (χ1) is 9.78. The minimum Gasteiger partial charge on any atom is -0.381 e. The van der Waals surface area contributed by atoms with Crippen LogP contribution in [0.2, 0.25) is 0 Å².